The Bertz CT molecular complexity index is 123. The van der Waals surface area contributed by atoms with Gasteiger partial charge < -0.3 is 10.8 Å². The number of nitrogens with two attached hydrogens (primary N) is 1. The summed E-state index contributed by atoms with van der Waals surface area (Å²) in [5.74, 6) is 0. The molecule has 3 N–H and O–H groups in total. The van der Waals surface area contributed by atoms with Crippen molar-refractivity contribution in [1.29, 1.82) is 0 Å². The number of aliphatic hydroxyl groups is 1. The SMILES string of the molecule is CCCCCCC(C)(O)CCCCN. The highest BCUT2D eigenvalue weighted by Crippen LogP contribution is 2.21. The maximum atomic E-state index is 10.00. The van der Waals surface area contributed by atoms with E-state index in [1.54, 1.807) is 0 Å². The summed E-state index contributed by atoms with van der Waals surface area (Å²) in [6.45, 7) is 4.90. The van der Waals surface area contributed by atoms with E-state index in [-0.39, 0.29) is 0 Å². The van der Waals surface area contributed by atoms with Gasteiger partial charge in [-0.3, -0.25) is 0 Å². The first kappa shape index (κ1) is 13.9. The van der Waals surface area contributed by atoms with E-state index >= 15 is 0 Å². The molecule has 0 aromatic carbocycles. The molecule has 0 rings (SSSR count). The fourth-order valence-electron chi connectivity index (χ4n) is 1.71. The monoisotopic (exact) mass is 201 g/mol. The first-order valence-electron chi connectivity index (χ1n) is 6.05. The molecule has 0 aromatic rings. The lowest BCUT2D eigenvalue weighted by Crippen LogP contribution is -2.24. The van der Waals surface area contributed by atoms with Gasteiger partial charge in [0.05, 0.1) is 5.60 Å². The van der Waals surface area contributed by atoms with Gasteiger partial charge in [0.1, 0.15) is 0 Å². The molecule has 0 aliphatic carbocycles. The Labute approximate surface area is 88.9 Å². The molecule has 0 aromatic heterocycles. The Kier molecular flexibility index (Phi) is 8.20. The van der Waals surface area contributed by atoms with Crippen LogP contribution >= 0.6 is 0 Å². The molecule has 0 aliphatic heterocycles. The van der Waals surface area contributed by atoms with Crippen molar-refractivity contribution in [1.82, 2.24) is 0 Å². The molecule has 2 nitrogen and oxygen atoms in total. The summed E-state index contributed by atoms with van der Waals surface area (Å²) in [4.78, 5) is 0. The van der Waals surface area contributed by atoms with E-state index in [2.05, 4.69) is 6.92 Å². The molecule has 0 radical (unpaired) electrons. The average Bonchev–Trinajstić information content (AvgIpc) is 2.13. The Morgan fingerprint density at radius 3 is 2.07 bits per heavy atom. The molecule has 14 heavy (non-hydrogen) atoms. The van der Waals surface area contributed by atoms with Crippen molar-refractivity contribution in [3.05, 3.63) is 0 Å². The highest BCUT2D eigenvalue weighted by Gasteiger charge is 2.18. The normalized spacial score (nSPS) is 15.4. The van der Waals surface area contributed by atoms with Crippen molar-refractivity contribution in [2.75, 3.05) is 6.54 Å². The molecule has 0 saturated heterocycles. The largest absolute Gasteiger partial charge is 0.390 e. The molecule has 0 amide bonds. The van der Waals surface area contributed by atoms with Gasteiger partial charge in [-0.1, -0.05) is 32.6 Å². The molecule has 0 heterocycles. The highest BCUT2D eigenvalue weighted by atomic mass is 16.3. The van der Waals surface area contributed by atoms with Crippen LogP contribution < -0.4 is 5.73 Å². The molecule has 1 unspecified atom stereocenters. The van der Waals surface area contributed by atoms with Gasteiger partial charge in [0.2, 0.25) is 0 Å². The fourth-order valence-corrected chi connectivity index (χ4v) is 1.71. The molecule has 0 saturated carbocycles. The van der Waals surface area contributed by atoms with E-state index in [0.29, 0.717) is 0 Å². The quantitative estimate of drug-likeness (QED) is 0.563. The van der Waals surface area contributed by atoms with Crippen LogP contribution in [0.25, 0.3) is 0 Å². The summed E-state index contributed by atoms with van der Waals surface area (Å²) in [7, 11) is 0. The van der Waals surface area contributed by atoms with Crippen molar-refractivity contribution < 1.29 is 5.11 Å². The van der Waals surface area contributed by atoms with Crippen LogP contribution in [0.15, 0.2) is 0 Å². The van der Waals surface area contributed by atoms with Crippen LogP contribution in [0.5, 0.6) is 0 Å². The van der Waals surface area contributed by atoms with Gasteiger partial charge in [-0.2, -0.15) is 0 Å². The molecule has 2 heteroatoms. The lowest BCUT2D eigenvalue weighted by Gasteiger charge is -2.23. The predicted octanol–water partition coefficient (Wildman–Crippen LogP) is 2.84. The van der Waals surface area contributed by atoms with E-state index < -0.39 is 5.60 Å². The van der Waals surface area contributed by atoms with Gasteiger partial charge in [-0.05, 0) is 39.2 Å². The number of hydrogen-bond donors (Lipinski definition) is 2. The van der Waals surface area contributed by atoms with Gasteiger partial charge in [0, 0.05) is 0 Å². The molecular weight excluding hydrogens is 174 g/mol. The summed E-state index contributed by atoms with van der Waals surface area (Å²) in [5.41, 5.74) is 4.96. The second-order valence-corrected chi connectivity index (χ2v) is 4.55. The maximum Gasteiger partial charge on any atom is 0.0619 e. The minimum absolute atomic E-state index is 0.455. The third-order valence-corrected chi connectivity index (χ3v) is 2.74. The zero-order valence-electron chi connectivity index (χ0n) is 9.89. The molecule has 0 fully saturated rings. The lowest BCUT2D eigenvalue weighted by atomic mass is 9.92. The van der Waals surface area contributed by atoms with Crippen molar-refractivity contribution in [2.24, 2.45) is 5.73 Å². The Hall–Kier alpha value is -0.0800. The minimum atomic E-state index is -0.455. The van der Waals surface area contributed by atoms with Crippen LogP contribution in [0.2, 0.25) is 0 Å². The van der Waals surface area contributed by atoms with E-state index in [9.17, 15) is 5.11 Å². The Morgan fingerprint density at radius 1 is 1.00 bits per heavy atom. The first-order valence-corrected chi connectivity index (χ1v) is 6.05. The zero-order chi connectivity index (χ0) is 10.9. The van der Waals surface area contributed by atoms with Crippen molar-refractivity contribution in [2.45, 2.75) is 70.8 Å². The van der Waals surface area contributed by atoms with Crippen LogP contribution in [0, 0.1) is 0 Å². The summed E-state index contributed by atoms with van der Waals surface area (Å²) in [5, 5.41) is 10.00. The molecule has 0 bridgehead atoms. The van der Waals surface area contributed by atoms with E-state index in [1.165, 1.54) is 19.3 Å². The fraction of sp³-hybridized carbons (Fsp3) is 1.00. The average molecular weight is 201 g/mol. The minimum Gasteiger partial charge on any atom is -0.390 e. The lowest BCUT2D eigenvalue weighted by molar-refractivity contribution is 0.0370. The molecular formula is C12H27NO. The number of hydrogen-bond acceptors (Lipinski definition) is 2. The van der Waals surface area contributed by atoms with E-state index in [4.69, 9.17) is 5.73 Å². The van der Waals surface area contributed by atoms with Gasteiger partial charge in [-0.15, -0.1) is 0 Å². The Balaban J connectivity index is 3.40. The van der Waals surface area contributed by atoms with Crippen LogP contribution in [0.4, 0.5) is 0 Å². The van der Waals surface area contributed by atoms with Crippen LogP contribution in [0.1, 0.15) is 65.2 Å². The summed E-state index contributed by atoms with van der Waals surface area (Å²) >= 11 is 0. The van der Waals surface area contributed by atoms with Crippen molar-refractivity contribution in [3.8, 4) is 0 Å². The third kappa shape index (κ3) is 8.52. The standard InChI is InChI=1S/C12H27NO/c1-3-4-5-6-9-12(2,14)10-7-8-11-13/h14H,3-11,13H2,1-2H3. The van der Waals surface area contributed by atoms with E-state index in [0.717, 1.165) is 38.6 Å². The van der Waals surface area contributed by atoms with Crippen LogP contribution in [-0.2, 0) is 0 Å². The summed E-state index contributed by atoms with van der Waals surface area (Å²) < 4.78 is 0. The van der Waals surface area contributed by atoms with Gasteiger partial charge in [0.25, 0.3) is 0 Å². The first-order chi connectivity index (χ1) is 6.62. The second kappa shape index (κ2) is 8.25. The molecule has 86 valence electrons. The van der Waals surface area contributed by atoms with Crippen molar-refractivity contribution in [3.63, 3.8) is 0 Å². The molecule has 0 spiro atoms. The van der Waals surface area contributed by atoms with E-state index in [1.807, 2.05) is 6.92 Å². The smallest absolute Gasteiger partial charge is 0.0619 e. The topological polar surface area (TPSA) is 46.2 Å². The molecule has 0 aliphatic rings. The summed E-state index contributed by atoms with van der Waals surface area (Å²) in [6, 6.07) is 0. The van der Waals surface area contributed by atoms with Gasteiger partial charge >= 0.3 is 0 Å². The van der Waals surface area contributed by atoms with Gasteiger partial charge in [0.15, 0.2) is 0 Å². The van der Waals surface area contributed by atoms with Crippen LogP contribution in [0.3, 0.4) is 0 Å². The summed E-state index contributed by atoms with van der Waals surface area (Å²) in [6.07, 6.45) is 8.89. The molecule has 1 atom stereocenters. The number of unbranched alkanes of at least 4 members (excludes halogenated alkanes) is 4. The van der Waals surface area contributed by atoms with Crippen LogP contribution in [-0.4, -0.2) is 17.3 Å². The third-order valence-electron chi connectivity index (χ3n) is 2.74. The Morgan fingerprint density at radius 2 is 1.57 bits per heavy atom. The maximum absolute atomic E-state index is 10.00. The second-order valence-electron chi connectivity index (χ2n) is 4.55. The van der Waals surface area contributed by atoms with Gasteiger partial charge in [-0.25, -0.2) is 0 Å². The highest BCUT2D eigenvalue weighted by molar-refractivity contribution is 4.72. The zero-order valence-corrected chi connectivity index (χ0v) is 9.89. The number of rotatable bonds is 9. The predicted molar refractivity (Wildman–Crippen MR) is 62.3 cm³/mol. The van der Waals surface area contributed by atoms with Crippen molar-refractivity contribution >= 4 is 0 Å².